The Morgan fingerprint density at radius 2 is 1.59 bits per heavy atom. The summed E-state index contributed by atoms with van der Waals surface area (Å²) in [6, 6.07) is -1.16. The Hall–Kier alpha value is -3.70. The van der Waals surface area contributed by atoms with Crippen LogP contribution >= 0.6 is 0 Å². The molecule has 2 N–H and O–H groups in total. The molecule has 68 heavy (non-hydrogen) atoms. The molecule has 15 heteroatoms. The zero-order valence-electron chi connectivity index (χ0n) is 42.3. The monoisotopic (exact) mass is 956 g/mol. The van der Waals surface area contributed by atoms with Gasteiger partial charge in [0.15, 0.2) is 17.7 Å². The zero-order chi connectivity index (χ0) is 50.3. The van der Waals surface area contributed by atoms with Crippen molar-refractivity contribution in [1.29, 1.82) is 0 Å². The van der Waals surface area contributed by atoms with Crippen molar-refractivity contribution in [2.75, 3.05) is 41.1 Å². The van der Waals surface area contributed by atoms with Gasteiger partial charge in [-0.3, -0.25) is 24.0 Å². The molecule has 0 aromatic rings. The van der Waals surface area contributed by atoms with Gasteiger partial charge in [0.1, 0.15) is 17.9 Å². The maximum Gasteiger partial charge on any atom is 0.329 e. The van der Waals surface area contributed by atoms with Crippen LogP contribution in [0.3, 0.4) is 0 Å². The highest BCUT2D eigenvalue weighted by molar-refractivity contribution is 6.39. The Morgan fingerprint density at radius 3 is 2.26 bits per heavy atom. The Kier molecular flexibility index (Phi) is 22.6. The number of Topliss-reactive ketones (excluding diaryl/α,β-unsaturated/α-hetero) is 4. The molecule has 2 bridgehead atoms. The van der Waals surface area contributed by atoms with Gasteiger partial charge in [0.05, 0.1) is 37.6 Å². The van der Waals surface area contributed by atoms with Crippen LogP contribution in [0.2, 0.25) is 0 Å². The number of piperidine rings is 1. The third kappa shape index (κ3) is 15.2. The van der Waals surface area contributed by atoms with E-state index in [2.05, 4.69) is 0 Å². The molecule has 0 spiro atoms. The number of methoxy groups -OCH3 is 3. The zero-order valence-corrected chi connectivity index (χ0v) is 42.3. The van der Waals surface area contributed by atoms with Crippen LogP contribution < -0.4 is 0 Å². The van der Waals surface area contributed by atoms with Crippen LogP contribution in [-0.4, -0.2) is 140 Å². The summed E-state index contributed by atoms with van der Waals surface area (Å²) in [5.41, 5.74) is 1.06. The number of carbonyl (C=O) groups excluding carboxylic acids is 6. The number of rotatable bonds is 9. The van der Waals surface area contributed by atoms with E-state index >= 15 is 0 Å². The summed E-state index contributed by atoms with van der Waals surface area (Å²) in [5, 5.41) is 21.3. The fraction of sp³-hybridized carbons (Fsp3) is 0.736. The number of fused-ring (bicyclic) bond motifs is 3. The number of hydrogen-bond acceptors (Lipinski definition) is 14. The summed E-state index contributed by atoms with van der Waals surface area (Å²) < 4.78 is 35.4. The number of carbonyl (C=O) groups is 6. The van der Waals surface area contributed by atoms with Crippen LogP contribution in [0, 0.1) is 35.5 Å². The number of aliphatic hydroxyl groups excluding tert-OH is 1. The van der Waals surface area contributed by atoms with Gasteiger partial charge in [0.2, 0.25) is 5.79 Å². The molecule has 2 saturated heterocycles. The van der Waals surface area contributed by atoms with Gasteiger partial charge >= 0.3 is 5.97 Å². The first-order valence-corrected chi connectivity index (χ1v) is 24.9. The van der Waals surface area contributed by atoms with Gasteiger partial charge < -0.3 is 43.5 Å². The molecule has 3 heterocycles. The van der Waals surface area contributed by atoms with E-state index in [9.17, 15) is 39.0 Å². The molecule has 1 amide bonds. The standard InChI is InChI=1S/C53H81NO14/c1-32-16-12-11-13-17-33(2)44(63-8)30-40-21-19-38(7)53(62,68-40)50(59)51(60)54-23-15-14-18-41(54)52(61)67-45(35(4)28-39-20-22-43(66-25-24-55)46(29-39)64-9)31-42(56)34(3)27-37(6)48(58)49(65-10)47(57)36(5)26-32/h11-13,16-17,27,32,34-36,38-41,43-46,49,55,62H,14-15,18-26,28-31H2,1-10H3/b13-11+,16-12+,33-17+,37-27+/t32-,34-,35-,36-,38-,39+,40+,41+,43-,44+,45+,46-,49+,53-/m1/s1. The maximum absolute atomic E-state index is 14.4. The molecule has 1 aliphatic carbocycles. The largest absolute Gasteiger partial charge is 0.460 e. The summed E-state index contributed by atoms with van der Waals surface area (Å²) in [4.78, 5) is 85.8. The molecule has 0 aromatic carbocycles. The molecule has 3 fully saturated rings. The van der Waals surface area contributed by atoms with Crippen LogP contribution in [0.5, 0.6) is 0 Å². The van der Waals surface area contributed by atoms with Crippen molar-refractivity contribution in [1.82, 2.24) is 4.90 Å². The molecular weight excluding hydrogens is 875 g/mol. The van der Waals surface area contributed by atoms with E-state index in [4.69, 9.17) is 28.4 Å². The minimum Gasteiger partial charge on any atom is -0.460 e. The Labute approximate surface area is 404 Å². The highest BCUT2D eigenvalue weighted by atomic mass is 16.6. The molecule has 3 aliphatic heterocycles. The lowest BCUT2D eigenvalue weighted by Gasteiger charge is -2.42. The van der Waals surface area contributed by atoms with Crippen molar-refractivity contribution in [2.24, 2.45) is 35.5 Å². The lowest BCUT2D eigenvalue weighted by molar-refractivity contribution is -0.265. The van der Waals surface area contributed by atoms with Gasteiger partial charge in [-0.15, -0.1) is 0 Å². The summed E-state index contributed by atoms with van der Waals surface area (Å²) in [7, 11) is 4.51. The number of ether oxygens (including phenoxy) is 6. The van der Waals surface area contributed by atoms with E-state index in [-0.39, 0.29) is 79.7 Å². The maximum atomic E-state index is 14.4. The summed E-state index contributed by atoms with van der Waals surface area (Å²) >= 11 is 0. The van der Waals surface area contributed by atoms with E-state index in [0.29, 0.717) is 57.8 Å². The van der Waals surface area contributed by atoms with Crippen molar-refractivity contribution < 1.29 is 67.4 Å². The number of hydrogen-bond donors (Lipinski definition) is 2. The fourth-order valence-electron chi connectivity index (χ4n) is 10.4. The van der Waals surface area contributed by atoms with Gasteiger partial charge in [-0.2, -0.15) is 0 Å². The van der Waals surface area contributed by atoms with E-state index in [1.165, 1.54) is 18.1 Å². The number of nitrogens with zero attached hydrogens (tertiary/aromatic N) is 1. The summed E-state index contributed by atoms with van der Waals surface area (Å²) in [6.45, 7) is 12.6. The topological polar surface area (TPSA) is 201 Å². The highest BCUT2D eigenvalue weighted by Crippen LogP contribution is 2.38. The molecule has 4 rings (SSSR count). The van der Waals surface area contributed by atoms with E-state index < -0.39 is 77.4 Å². The number of ketones is 4. The molecular formula is C53H81NO14. The Bertz CT molecular complexity index is 1860. The molecule has 0 unspecified atom stereocenters. The van der Waals surface area contributed by atoms with Gasteiger partial charge in [-0.05, 0) is 107 Å². The molecule has 4 aliphatic rings. The second-order valence-corrected chi connectivity index (χ2v) is 20.0. The van der Waals surface area contributed by atoms with Crippen molar-refractivity contribution in [2.45, 2.75) is 174 Å². The molecule has 382 valence electrons. The highest BCUT2D eigenvalue weighted by Gasteiger charge is 2.53. The number of allylic oxidation sites excluding steroid dienone is 6. The minimum absolute atomic E-state index is 0.0139. The molecule has 0 radical (unpaired) electrons. The summed E-state index contributed by atoms with van der Waals surface area (Å²) in [5.74, 6) is -8.86. The van der Waals surface area contributed by atoms with Crippen molar-refractivity contribution in [3.63, 3.8) is 0 Å². The van der Waals surface area contributed by atoms with Gasteiger partial charge in [0, 0.05) is 58.5 Å². The number of aliphatic hydroxyl groups is 2. The fourth-order valence-corrected chi connectivity index (χ4v) is 10.4. The third-order valence-corrected chi connectivity index (χ3v) is 14.7. The third-order valence-electron chi connectivity index (χ3n) is 14.7. The second-order valence-electron chi connectivity index (χ2n) is 20.0. The first-order valence-electron chi connectivity index (χ1n) is 24.9. The van der Waals surface area contributed by atoms with E-state index in [0.717, 1.165) is 12.0 Å². The van der Waals surface area contributed by atoms with Crippen molar-refractivity contribution >= 4 is 35.0 Å². The van der Waals surface area contributed by atoms with Crippen LogP contribution in [0.15, 0.2) is 47.6 Å². The van der Waals surface area contributed by atoms with E-state index in [1.807, 2.05) is 51.2 Å². The normalized spacial score (nSPS) is 38.1. The summed E-state index contributed by atoms with van der Waals surface area (Å²) in [6.07, 6.45) is 12.7. The van der Waals surface area contributed by atoms with Gasteiger partial charge in [0.25, 0.3) is 11.7 Å². The molecule has 15 nitrogen and oxygen atoms in total. The SMILES string of the molecule is CO[C@@H]1C(=O)/C(C)=C/[C@@H](C)C(=O)C[C@@H]([C@H](C)C[C@@H]2CC[C@@H](OCCO)[C@H](OC)C2)OC(=O)[C@@H]2CCCCN2C(=O)C(=O)[C@]2(O)O[C@@H](CC[C@H]2C)C[C@H](OC)/C(C)=C/C=C/C=C/[C@@H](C)C[C@@H](C)C1=O. The van der Waals surface area contributed by atoms with Crippen LogP contribution in [0.25, 0.3) is 0 Å². The first-order chi connectivity index (χ1) is 32.3. The average Bonchev–Trinajstić information content (AvgIpc) is 3.32. The van der Waals surface area contributed by atoms with Crippen molar-refractivity contribution in [3.05, 3.63) is 47.6 Å². The van der Waals surface area contributed by atoms with E-state index in [1.54, 1.807) is 41.9 Å². The van der Waals surface area contributed by atoms with Crippen LogP contribution in [0.1, 0.15) is 126 Å². The first kappa shape index (κ1) is 56.9. The smallest absolute Gasteiger partial charge is 0.329 e. The number of esters is 1. The number of cyclic esters (lactones) is 1. The lowest BCUT2D eigenvalue weighted by Crippen LogP contribution is -2.61. The minimum atomic E-state index is -2.44. The van der Waals surface area contributed by atoms with Crippen LogP contribution in [-0.2, 0) is 57.2 Å². The predicted molar refractivity (Wildman–Crippen MR) is 255 cm³/mol. The van der Waals surface area contributed by atoms with Crippen molar-refractivity contribution in [3.8, 4) is 0 Å². The molecule has 1 saturated carbocycles. The predicted octanol–water partition coefficient (Wildman–Crippen LogP) is 6.41. The Morgan fingerprint density at radius 1 is 0.853 bits per heavy atom. The Balaban J connectivity index is 1.70. The van der Waals surface area contributed by atoms with Gasteiger partial charge in [-0.25, -0.2) is 4.79 Å². The molecule has 14 atom stereocenters. The quantitative estimate of drug-likeness (QED) is 0.146. The number of amides is 1. The lowest BCUT2D eigenvalue weighted by atomic mass is 9.78. The van der Waals surface area contributed by atoms with Crippen LogP contribution in [0.4, 0.5) is 0 Å². The average molecular weight is 956 g/mol. The molecule has 0 aromatic heterocycles. The second kappa shape index (κ2) is 27.1. The van der Waals surface area contributed by atoms with Gasteiger partial charge in [-0.1, -0.05) is 71.1 Å².